The molecule has 3 rings (SSSR count). The van der Waals surface area contributed by atoms with Crippen molar-refractivity contribution in [2.24, 2.45) is 0 Å². The van der Waals surface area contributed by atoms with Gasteiger partial charge in [-0.15, -0.1) is 0 Å². The highest BCUT2D eigenvalue weighted by Gasteiger charge is 2.42. The molecule has 1 amide bonds. The fourth-order valence-electron chi connectivity index (χ4n) is 2.91. The summed E-state index contributed by atoms with van der Waals surface area (Å²) in [6.45, 7) is 7.72. The highest BCUT2D eigenvalue weighted by atomic mass is 19.4. The Labute approximate surface area is 161 Å². The van der Waals surface area contributed by atoms with E-state index in [1.807, 2.05) is 24.3 Å². The molecule has 0 N–H and O–H groups in total. The van der Waals surface area contributed by atoms with E-state index in [0.29, 0.717) is 21.9 Å². The molecule has 1 aromatic heterocycles. The lowest BCUT2D eigenvalue weighted by Crippen LogP contribution is -2.41. The van der Waals surface area contributed by atoms with Crippen LogP contribution < -0.4 is 4.90 Å². The highest BCUT2D eigenvalue weighted by Crippen LogP contribution is 2.31. The lowest BCUT2D eigenvalue weighted by molar-refractivity contribution is -0.170. The summed E-state index contributed by atoms with van der Waals surface area (Å²) in [5.41, 5.74) is 2.89. The van der Waals surface area contributed by atoms with Crippen molar-refractivity contribution in [2.75, 3.05) is 11.4 Å². The zero-order valence-corrected chi connectivity index (χ0v) is 16.1. The Kier molecular flexibility index (Phi) is 4.95. The minimum absolute atomic E-state index is 0.0172. The lowest BCUT2D eigenvalue weighted by atomic mass is 9.87. The number of anilines is 1. The Morgan fingerprint density at radius 1 is 1.07 bits per heavy atom. The summed E-state index contributed by atoms with van der Waals surface area (Å²) < 4.78 is 44.2. The Bertz CT molecular complexity index is 999. The molecule has 148 valence electrons. The van der Waals surface area contributed by atoms with Crippen molar-refractivity contribution in [3.05, 3.63) is 48.0 Å². The normalized spacial score (nSPS) is 12.4. The van der Waals surface area contributed by atoms with Gasteiger partial charge >= 0.3 is 12.1 Å². The van der Waals surface area contributed by atoms with Gasteiger partial charge in [0, 0.05) is 23.9 Å². The Morgan fingerprint density at radius 2 is 1.71 bits per heavy atom. The third kappa shape index (κ3) is 3.88. The third-order valence-electron chi connectivity index (χ3n) is 4.49. The monoisotopic (exact) mass is 390 g/mol. The fourth-order valence-corrected chi connectivity index (χ4v) is 2.91. The maximum atomic E-state index is 12.8. The van der Waals surface area contributed by atoms with Gasteiger partial charge in [0.15, 0.2) is 5.58 Å². The molecule has 0 saturated carbocycles. The summed E-state index contributed by atoms with van der Waals surface area (Å²) in [5.74, 6) is -1.54. The molecule has 0 radical (unpaired) electrons. The zero-order valence-electron chi connectivity index (χ0n) is 16.1. The van der Waals surface area contributed by atoms with Gasteiger partial charge in [-0.2, -0.15) is 13.2 Å². The molecule has 28 heavy (non-hydrogen) atoms. The van der Waals surface area contributed by atoms with E-state index in [1.165, 1.54) is 24.6 Å². The van der Waals surface area contributed by atoms with E-state index < -0.39 is 12.1 Å². The fraction of sp³-hybridized carbons (Fsp3) is 0.333. The number of fused-ring (bicyclic) bond motifs is 1. The van der Waals surface area contributed by atoms with Gasteiger partial charge in [-0.3, -0.25) is 4.79 Å². The van der Waals surface area contributed by atoms with Gasteiger partial charge in [0.05, 0.1) is 0 Å². The van der Waals surface area contributed by atoms with E-state index in [9.17, 15) is 18.0 Å². The standard InChI is InChI=1S/C21H21F3N2O2/c1-5-26(19(27)21(22,23)24)15-10-11-16-17(12-15)28-18(25-16)13-6-8-14(9-7-13)20(2,3)4/h6-12H,5H2,1-4H3. The molecule has 0 saturated heterocycles. The van der Waals surface area contributed by atoms with Gasteiger partial charge < -0.3 is 9.32 Å². The quantitative estimate of drug-likeness (QED) is 0.576. The maximum Gasteiger partial charge on any atom is 0.471 e. The number of aromatic nitrogens is 1. The van der Waals surface area contributed by atoms with E-state index in [4.69, 9.17) is 4.42 Å². The van der Waals surface area contributed by atoms with Crippen LogP contribution in [0.5, 0.6) is 0 Å². The number of carbonyl (C=O) groups is 1. The predicted octanol–water partition coefficient (Wildman–Crippen LogP) is 5.71. The second-order valence-corrected chi connectivity index (χ2v) is 7.55. The van der Waals surface area contributed by atoms with Crippen molar-refractivity contribution in [1.29, 1.82) is 0 Å². The first-order valence-electron chi connectivity index (χ1n) is 8.91. The molecule has 7 heteroatoms. The summed E-state index contributed by atoms with van der Waals surface area (Å²) in [5, 5.41) is 0. The molecule has 0 aliphatic carbocycles. The molecule has 0 aliphatic heterocycles. The SMILES string of the molecule is CCN(C(=O)C(F)(F)F)c1ccc2nc(-c3ccc(C(C)(C)C)cc3)oc2c1. The minimum atomic E-state index is -4.94. The van der Waals surface area contributed by atoms with Crippen LogP contribution in [0.25, 0.3) is 22.6 Å². The van der Waals surface area contributed by atoms with Crippen LogP contribution in [0.3, 0.4) is 0 Å². The number of alkyl halides is 3. The van der Waals surface area contributed by atoms with Crippen LogP contribution in [0.1, 0.15) is 33.3 Å². The second-order valence-electron chi connectivity index (χ2n) is 7.55. The molecule has 0 bridgehead atoms. The van der Waals surface area contributed by atoms with Crippen molar-refractivity contribution >= 4 is 22.7 Å². The topological polar surface area (TPSA) is 46.3 Å². The average Bonchev–Trinajstić information content (AvgIpc) is 3.04. The van der Waals surface area contributed by atoms with E-state index in [-0.39, 0.29) is 17.6 Å². The number of amides is 1. The zero-order chi connectivity index (χ0) is 20.7. The molecular weight excluding hydrogens is 369 g/mol. The van der Waals surface area contributed by atoms with E-state index in [0.717, 1.165) is 5.56 Å². The Morgan fingerprint density at radius 3 is 2.25 bits per heavy atom. The summed E-state index contributed by atoms with van der Waals surface area (Å²) in [6, 6.07) is 12.2. The molecule has 4 nitrogen and oxygen atoms in total. The third-order valence-corrected chi connectivity index (χ3v) is 4.49. The van der Waals surface area contributed by atoms with Gasteiger partial charge in [0.1, 0.15) is 5.52 Å². The molecule has 0 fully saturated rings. The average molecular weight is 390 g/mol. The van der Waals surface area contributed by atoms with Crippen molar-refractivity contribution in [2.45, 2.75) is 39.3 Å². The molecule has 0 spiro atoms. The Balaban J connectivity index is 1.96. The van der Waals surface area contributed by atoms with Crippen LogP contribution in [-0.2, 0) is 10.2 Å². The van der Waals surface area contributed by atoms with Gasteiger partial charge in [0.25, 0.3) is 0 Å². The summed E-state index contributed by atoms with van der Waals surface area (Å²) in [4.78, 5) is 16.7. The number of benzene rings is 2. The highest BCUT2D eigenvalue weighted by molar-refractivity contribution is 5.98. The molecule has 3 aromatic rings. The molecule has 0 atom stereocenters. The molecular formula is C21H21F3N2O2. The summed E-state index contributed by atoms with van der Waals surface area (Å²) in [7, 11) is 0. The maximum absolute atomic E-state index is 12.8. The molecule has 0 aliphatic rings. The number of hydrogen-bond acceptors (Lipinski definition) is 3. The summed E-state index contributed by atoms with van der Waals surface area (Å²) >= 11 is 0. The number of halogens is 3. The van der Waals surface area contributed by atoms with Crippen LogP contribution >= 0.6 is 0 Å². The van der Waals surface area contributed by atoms with Crippen LogP contribution in [0.4, 0.5) is 18.9 Å². The smallest absolute Gasteiger partial charge is 0.436 e. The van der Waals surface area contributed by atoms with E-state index >= 15 is 0 Å². The number of carbonyl (C=O) groups excluding carboxylic acids is 1. The minimum Gasteiger partial charge on any atom is -0.436 e. The Hall–Kier alpha value is -2.83. The predicted molar refractivity (Wildman–Crippen MR) is 102 cm³/mol. The van der Waals surface area contributed by atoms with E-state index in [1.54, 1.807) is 6.07 Å². The summed E-state index contributed by atoms with van der Waals surface area (Å²) in [6.07, 6.45) is -4.94. The van der Waals surface area contributed by atoms with E-state index in [2.05, 4.69) is 25.8 Å². The van der Waals surface area contributed by atoms with Gasteiger partial charge in [-0.1, -0.05) is 32.9 Å². The number of oxazole rings is 1. The van der Waals surface area contributed by atoms with Crippen LogP contribution in [0.15, 0.2) is 46.9 Å². The molecule has 1 heterocycles. The number of nitrogens with zero attached hydrogens (tertiary/aromatic N) is 2. The van der Waals surface area contributed by atoms with Crippen molar-refractivity contribution < 1.29 is 22.4 Å². The van der Waals surface area contributed by atoms with Crippen LogP contribution in [0.2, 0.25) is 0 Å². The van der Waals surface area contributed by atoms with Gasteiger partial charge in [-0.05, 0) is 42.2 Å². The lowest BCUT2D eigenvalue weighted by Gasteiger charge is -2.21. The van der Waals surface area contributed by atoms with Crippen molar-refractivity contribution in [3.8, 4) is 11.5 Å². The molecule has 0 unspecified atom stereocenters. The number of rotatable bonds is 3. The van der Waals surface area contributed by atoms with Gasteiger partial charge in [0.2, 0.25) is 5.89 Å². The molecule has 2 aromatic carbocycles. The second kappa shape index (κ2) is 6.96. The first kappa shape index (κ1) is 19.9. The van der Waals surface area contributed by atoms with Crippen LogP contribution in [-0.4, -0.2) is 23.6 Å². The van der Waals surface area contributed by atoms with Crippen molar-refractivity contribution in [3.63, 3.8) is 0 Å². The van der Waals surface area contributed by atoms with Crippen molar-refractivity contribution in [1.82, 2.24) is 4.98 Å². The number of hydrogen-bond donors (Lipinski definition) is 0. The van der Waals surface area contributed by atoms with Gasteiger partial charge in [-0.25, -0.2) is 4.98 Å². The largest absolute Gasteiger partial charge is 0.471 e. The van der Waals surface area contributed by atoms with Crippen LogP contribution in [0, 0.1) is 0 Å². The first-order chi connectivity index (χ1) is 13.0. The first-order valence-corrected chi connectivity index (χ1v) is 8.91.